The second-order valence-electron chi connectivity index (χ2n) is 8.86. The third-order valence-electron chi connectivity index (χ3n) is 6.28. The number of benzene rings is 3. The molecule has 0 spiro atoms. The van der Waals surface area contributed by atoms with Gasteiger partial charge in [0, 0.05) is 33.5 Å². The van der Waals surface area contributed by atoms with E-state index >= 15 is 0 Å². The number of aliphatic hydroxyl groups excluding tert-OH is 1. The third-order valence-corrected chi connectivity index (χ3v) is 8.97. The van der Waals surface area contributed by atoms with Gasteiger partial charge >= 0.3 is 5.91 Å². The summed E-state index contributed by atoms with van der Waals surface area (Å²) in [6.07, 6.45) is 0. The van der Waals surface area contributed by atoms with Crippen LogP contribution in [0.3, 0.4) is 0 Å². The number of nitro groups is 1. The van der Waals surface area contributed by atoms with Crippen molar-refractivity contribution in [2.75, 3.05) is 4.90 Å². The van der Waals surface area contributed by atoms with E-state index in [1.165, 1.54) is 48.2 Å². The van der Waals surface area contributed by atoms with Crippen LogP contribution in [0.15, 0.2) is 70.6 Å². The highest BCUT2D eigenvalue weighted by Crippen LogP contribution is 2.44. The van der Waals surface area contributed by atoms with Crippen molar-refractivity contribution in [3.8, 4) is 0 Å². The smallest absolute Gasteiger partial charge is 0.301 e. The number of carbonyl (C=O) groups is 2. The van der Waals surface area contributed by atoms with Gasteiger partial charge in [-0.1, -0.05) is 64.5 Å². The number of rotatable bonds is 7. The Morgan fingerprint density at radius 1 is 1.12 bits per heavy atom. The van der Waals surface area contributed by atoms with Gasteiger partial charge in [0.1, 0.15) is 11.6 Å². The van der Waals surface area contributed by atoms with Crippen molar-refractivity contribution in [2.45, 2.75) is 23.1 Å². The summed E-state index contributed by atoms with van der Waals surface area (Å²) in [5.41, 5.74) is 0.890. The van der Waals surface area contributed by atoms with E-state index in [0.29, 0.717) is 31.3 Å². The van der Waals surface area contributed by atoms with E-state index in [0.717, 1.165) is 27.9 Å². The molecule has 1 N–H and O–H groups in total. The van der Waals surface area contributed by atoms with Crippen LogP contribution >= 0.6 is 46.3 Å². The summed E-state index contributed by atoms with van der Waals surface area (Å²) < 4.78 is 14.8. The van der Waals surface area contributed by atoms with Crippen LogP contribution in [0.1, 0.15) is 28.3 Å². The number of thioether (sulfide) groups is 1. The normalized spacial score (nSPS) is 16.4. The van der Waals surface area contributed by atoms with Gasteiger partial charge in [0.05, 0.1) is 16.5 Å². The summed E-state index contributed by atoms with van der Waals surface area (Å²) in [5.74, 6) is -2.79. The first-order valence-corrected chi connectivity index (χ1v) is 14.3. The van der Waals surface area contributed by atoms with E-state index in [1.807, 2.05) is 0 Å². The molecule has 0 unspecified atom stereocenters. The van der Waals surface area contributed by atoms with E-state index in [2.05, 4.69) is 10.2 Å². The minimum absolute atomic E-state index is 0.00800. The number of anilines is 1. The molecule has 41 heavy (non-hydrogen) atoms. The Balaban J connectivity index is 1.55. The maximum atomic E-state index is 14.3. The molecule has 1 amide bonds. The number of aryl methyl sites for hydroxylation is 1. The lowest BCUT2D eigenvalue weighted by Crippen LogP contribution is -2.29. The first-order valence-electron chi connectivity index (χ1n) is 11.8. The molecule has 0 aliphatic carbocycles. The Labute approximate surface area is 250 Å². The Bertz CT molecular complexity index is 1750. The van der Waals surface area contributed by atoms with Gasteiger partial charge in [-0.3, -0.25) is 24.6 Å². The van der Waals surface area contributed by atoms with Crippen LogP contribution in [0.25, 0.3) is 5.76 Å². The summed E-state index contributed by atoms with van der Waals surface area (Å²) in [6.45, 7) is 1.54. The van der Waals surface area contributed by atoms with Crippen molar-refractivity contribution in [1.29, 1.82) is 0 Å². The molecule has 0 bridgehead atoms. The fourth-order valence-corrected chi connectivity index (χ4v) is 6.58. The van der Waals surface area contributed by atoms with Crippen LogP contribution < -0.4 is 4.90 Å². The van der Waals surface area contributed by atoms with Crippen LogP contribution in [-0.2, 0) is 15.3 Å². The number of amides is 1. The van der Waals surface area contributed by atoms with E-state index < -0.39 is 34.2 Å². The Morgan fingerprint density at radius 2 is 1.85 bits per heavy atom. The summed E-state index contributed by atoms with van der Waals surface area (Å²) in [4.78, 5) is 38.4. The predicted molar refractivity (Wildman–Crippen MR) is 155 cm³/mol. The first-order chi connectivity index (χ1) is 19.5. The minimum Gasteiger partial charge on any atom is -0.507 e. The number of carbonyl (C=O) groups excluding carboxylic acids is 2. The first kappa shape index (κ1) is 28.7. The molecular formula is C27H17Cl2FN4O5S2. The van der Waals surface area contributed by atoms with Gasteiger partial charge in [-0.25, -0.2) is 4.39 Å². The average Bonchev–Trinajstić information content (AvgIpc) is 3.51. The lowest BCUT2D eigenvalue weighted by Gasteiger charge is -2.22. The number of hydrogen-bond donors (Lipinski definition) is 1. The molecule has 0 radical (unpaired) electrons. The molecule has 1 aliphatic heterocycles. The van der Waals surface area contributed by atoms with Gasteiger partial charge in [-0.2, -0.15) is 0 Å². The molecule has 4 aromatic rings. The summed E-state index contributed by atoms with van der Waals surface area (Å²) >= 11 is 14.6. The van der Waals surface area contributed by atoms with Gasteiger partial charge in [0.2, 0.25) is 5.13 Å². The quantitative estimate of drug-likeness (QED) is 0.0435. The maximum absolute atomic E-state index is 14.3. The second kappa shape index (κ2) is 11.6. The largest absolute Gasteiger partial charge is 0.507 e. The fraction of sp³-hybridized carbons (Fsp3) is 0.111. The van der Waals surface area contributed by atoms with Gasteiger partial charge in [0.15, 0.2) is 4.34 Å². The fourth-order valence-electron chi connectivity index (χ4n) is 4.16. The van der Waals surface area contributed by atoms with Crippen LogP contribution in [0.5, 0.6) is 0 Å². The van der Waals surface area contributed by atoms with Gasteiger partial charge in [-0.05, 0) is 53.9 Å². The van der Waals surface area contributed by atoms with Crippen molar-refractivity contribution in [2.24, 2.45) is 0 Å². The van der Waals surface area contributed by atoms with Gasteiger partial charge in [0.25, 0.3) is 11.5 Å². The molecule has 2 heterocycles. The van der Waals surface area contributed by atoms with Crippen LogP contribution in [0, 0.1) is 22.9 Å². The molecule has 1 aromatic heterocycles. The van der Waals surface area contributed by atoms with Gasteiger partial charge < -0.3 is 5.11 Å². The number of aromatic nitrogens is 2. The lowest BCUT2D eigenvalue weighted by atomic mass is 9.95. The van der Waals surface area contributed by atoms with E-state index in [4.69, 9.17) is 23.2 Å². The van der Waals surface area contributed by atoms with Crippen molar-refractivity contribution in [3.05, 3.63) is 114 Å². The number of nitro benzene ring substituents is 1. The minimum atomic E-state index is -1.21. The molecule has 1 fully saturated rings. The average molecular weight is 631 g/mol. The highest BCUT2D eigenvalue weighted by atomic mass is 35.5. The molecular weight excluding hydrogens is 614 g/mol. The zero-order chi connectivity index (χ0) is 29.4. The van der Waals surface area contributed by atoms with Crippen LogP contribution in [-0.4, -0.2) is 31.9 Å². The molecule has 1 saturated heterocycles. The Kier molecular flexibility index (Phi) is 8.09. The number of aliphatic hydroxyl groups is 1. The molecule has 9 nitrogen and oxygen atoms in total. The standard InChI is InChI=1S/C27H17Cl2FN4O5S2/c1-13-2-3-15(10-20(13)30)23(35)21-22(14-5-8-18(9-6-14)34(38)39)33(25(37)24(21)36)26-31-32-27(41-26)40-12-16-4-7-17(28)11-19(16)29/h2-11,22,35H,12H2,1H3/t22-/m1/s1. The monoisotopic (exact) mass is 630 g/mol. The number of non-ortho nitro benzene ring substituents is 1. The highest BCUT2D eigenvalue weighted by Gasteiger charge is 2.48. The van der Waals surface area contributed by atoms with Crippen LogP contribution in [0.4, 0.5) is 15.2 Å². The number of Topliss-reactive ketones (excluding diaryl/α,β-unsaturated/α-hetero) is 1. The van der Waals surface area contributed by atoms with Crippen LogP contribution in [0.2, 0.25) is 10.0 Å². The lowest BCUT2D eigenvalue weighted by molar-refractivity contribution is -0.384. The predicted octanol–water partition coefficient (Wildman–Crippen LogP) is 7.12. The maximum Gasteiger partial charge on any atom is 0.301 e. The molecule has 1 aliphatic rings. The van der Waals surface area contributed by atoms with E-state index in [1.54, 1.807) is 25.1 Å². The van der Waals surface area contributed by atoms with E-state index in [-0.39, 0.29) is 22.0 Å². The zero-order valence-electron chi connectivity index (χ0n) is 20.9. The van der Waals surface area contributed by atoms with Crippen molar-refractivity contribution >= 4 is 74.6 Å². The number of ketones is 1. The zero-order valence-corrected chi connectivity index (χ0v) is 24.0. The second-order valence-corrected chi connectivity index (χ2v) is 11.9. The van der Waals surface area contributed by atoms with E-state index in [9.17, 15) is 29.2 Å². The van der Waals surface area contributed by atoms with Crippen molar-refractivity contribution in [1.82, 2.24) is 10.2 Å². The topological polar surface area (TPSA) is 127 Å². The number of nitrogens with zero attached hydrogens (tertiary/aromatic N) is 4. The molecule has 208 valence electrons. The summed E-state index contributed by atoms with van der Waals surface area (Å²) in [7, 11) is 0. The molecule has 14 heteroatoms. The molecule has 3 aromatic carbocycles. The summed E-state index contributed by atoms with van der Waals surface area (Å²) in [5, 5.41) is 31.7. The Morgan fingerprint density at radius 3 is 2.51 bits per heavy atom. The number of hydrogen-bond acceptors (Lipinski definition) is 9. The molecule has 1 atom stereocenters. The highest BCUT2D eigenvalue weighted by molar-refractivity contribution is 8.00. The number of halogens is 3. The molecule has 0 saturated carbocycles. The third kappa shape index (κ3) is 5.68. The SMILES string of the molecule is Cc1ccc(C(O)=C2C(=O)C(=O)N(c3nnc(SCc4ccc(Cl)cc4Cl)s3)[C@@H]2c2ccc([N+](=O)[O-])cc2)cc1F. The van der Waals surface area contributed by atoms with Crippen molar-refractivity contribution < 1.29 is 24.0 Å². The molecule has 5 rings (SSSR count). The van der Waals surface area contributed by atoms with Crippen molar-refractivity contribution in [3.63, 3.8) is 0 Å². The summed E-state index contributed by atoms with van der Waals surface area (Å²) in [6, 6.07) is 13.0. The Hall–Kier alpha value is -3.84. The van der Waals surface area contributed by atoms with Gasteiger partial charge in [-0.15, -0.1) is 10.2 Å².